The van der Waals surface area contributed by atoms with E-state index in [2.05, 4.69) is 5.32 Å². The average molecular weight is 539 g/mol. The van der Waals surface area contributed by atoms with Crippen molar-refractivity contribution in [1.29, 1.82) is 0 Å². The Morgan fingerprint density at radius 2 is 1.87 bits per heavy atom. The Labute approximate surface area is 188 Å². The Morgan fingerprint density at radius 3 is 2.50 bits per heavy atom. The fourth-order valence-electron chi connectivity index (χ4n) is 5.31. The molecule has 9 heteroatoms. The van der Waals surface area contributed by atoms with Gasteiger partial charge in [0.05, 0.1) is 25.0 Å². The van der Waals surface area contributed by atoms with Crippen LogP contribution in [0.1, 0.15) is 44.9 Å². The van der Waals surface area contributed by atoms with Gasteiger partial charge in [-0.3, -0.25) is 4.79 Å². The molecular weight excluding hydrogens is 510 g/mol. The zero-order valence-electron chi connectivity index (χ0n) is 16.8. The van der Waals surface area contributed by atoms with Crippen molar-refractivity contribution >= 4 is 28.5 Å². The Kier molecular flexibility index (Phi) is 6.17. The molecule has 1 aliphatic heterocycles. The molecule has 0 radical (unpaired) electrons. The molecule has 30 heavy (non-hydrogen) atoms. The summed E-state index contributed by atoms with van der Waals surface area (Å²) in [6.45, 7) is 0.216. The lowest BCUT2D eigenvalue weighted by Crippen LogP contribution is -2.77. The van der Waals surface area contributed by atoms with E-state index in [9.17, 15) is 23.1 Å². The number of rotatable bonds is 4. The van der Waals surface area contributed by atoms with Crippen molar-refractivity contribution in [3.05, 3.63) is 21.4 Å². The molecule has 1 amide bonds. The van der Waals surface area contributed by atoms with Crippen molar-refractivity contribution < 1.29 is 23.1 Å². The van der Waals surface area contributed by atoms with Crippen molar-refractivity contribution in [1.82, 2.24) is 10.2 Å². The molecule has 168 valence electrons. The predicted octanol–water partition coefficient (Wildman–Crippen LogP) is 2.82. The van der Waals surface area contributed by atoms with Gasteiger partial charge in [-0.15, -0.1) is 0 Å². The first kappa shape index (κ1) is 22.4. The lowest BCUT2D eigenvalue weighted by Gasteiger charge is -2.55. The molecule has 5 unspecified atom stereocenters. The van der Waals surface area contributed by atoms with E-state index in [0.29, 0.717) is 12.8 Å². The highest BCUT2D eigenvalue weighted by Gasteiger charge is 2.58. The van der Waals surface area contributed by atoms with Crippen LogP contribution >= 0.6 is 22.6 Å². The number of alkyl halides is 3. The predicted molar refractivity (Wildman–Crippen MR) is 116 cm³/mol. The van der Waals surface area contributed by atoms with E-state index >= 15 is 0 Å². The molecule has 1 saturated heterocycles. The second-order valence-corrected chi connectivity index (χ2v) is 10.7. The number of nitrogens with two attached hydrogens (primary N) is 1. The van der Waals surface area contributed by atoms with E-state index in [4.69, 9.17) is 5.73 Å². The van der Waals surface area contributed by atoms with E-state index in [1.807, 2.05) is 22.6 Å². The highest BCUT2D eigenvalue weighted by atomic mass is 127. The van der Waals surface area contributed by atoms with E-state index < -0.39 is 41.6 Å². The quantitative estimate of drug-likeness (QED) is 0.481. The van der Waals surface area contributed by atoms with Crippen molar-refractivity contribution in [3.63, 3.8) is 0 Å². The first-order valence-electron chi connectivity index (χ1n) is 10.7. The van der Waals surface area contributed by atoms with Crippen molar-refractivity contribution in [2.45, 2.75) is 80.6 Å². The number of aliphatic hydroxyl groups is 1. The number of carbonyl (C=O) groups is 1. The maximum Gasteiger partial charge on any atom is 0.228 e. The van der Waals surface area contributed by atoms with Gasteiger partial charge in [-0.1, -0.05) is 18.9 Å². The monoisotopic (exact) mass is 539 g/mol. The number of halogens is 4. The summed E-state index contributed by atoms with van der Waals surface area (Å²) in [4.78, 5) is 14.6. The minimum Gasteiger partial charge on any atom is -0.384 e. The third-order valence-electron chi connectivity index (χ3n) is 7.32. The SMILES string of the molecule is NC1(C2(O)CN(C(=O)C3CCC(F)C(F)C3NC3=CC=C(I)CC3F)C2)CCCC1. The first-order chi connectivity index (χ1) is 14.1. The van der Waals surface area contributed by atoms with Crippen molar-refractivity contribution in [2.24, 2.45) is 11.7 Å². The van der Waals surface area contributed by atoms with Crippen LogP contribution in [0.3, 0.4) is 0 Å². The fourth-order valence-corrected chi connectivity index (χ4v) is 5.87. The van der Waals surface area contributed by atoms with Crippen molar-refractivity contribution in [3.8, 4) is 0 Å². The molecule has 5 atom stereocenters. The van der Waals surface area contributed by atoms with Gasteiger partial charge < -0.3 is 21.1 Å². The summed E-state index contributed by atoms with van der Waals surface area (Å²) in [5, 5.41) is 13.7. The number of nitrogens with zero attached hydrogens (tertiary/aromatic N) is 1. The van der Waals surface area contributed by atoms with Crippen LogP contribution in [-0.2, 0) is 4.79 Å². The second kappa shape index (κ2) is 8.27. The maximum atomic E-state index is 14.8. The summed E-state index contributed by atoms with van der Waals surface area (Å²) in [5.41, 5.74) is 4.75. The molecule has 2 saturated carbocycles. The van der Waals surface area contributed by atoms with E-state index in [1.54, 1.807) is 6.08 Å². The summed E-state index contributed by atoms with van der Waals surface area (Å²) in [6.07, 6.45) is 1.99. The molecule has 0 aromatic heterocycles. The number of nitrogens with one attached hydrogen (secondary N) is 1. The van der Waals surface area contributed by atoms with Gasteiger partial charge in [-0.2, -0.15) is 0 Å². The molecule has 4 N–H and O–H groups in total. The molecule has 0 spiro atoms. The Hall–Kier alpha value is -0.810. The summed E-state index contributed by atoms with van der Waals surface area (Å²) < 4.78 is 44.2. The van der Waals surface area contributed by atoms with Crippen LogP contribution in [0.5, 0.6) is 0 Å². The molecule has 0 aromatic carbocycles. The van der Waals surface area contributed by atoms with Crippen LogP contribution in [-0.4, -0.2) is 64.7 Å². The van der Waals surface area contributed by atoms with Crippen LogP contribution in [0.2, 0.25) is 0 Å². The number of hydrogen-bond acceptors (Lipinski definition) is 4. The van der Waals surface area contributed by atoms with E-state index in [-0.39, 0.29) is 44.0 Å². The number of likely N-dealkylation sites (tertiary alicyclic amines) is 1. The van der Waals surface area contributed by atoms with Gasteiger partial charge >= 0.3 is 0 Å². The van der Waals surface area contributed by atoms with Gasteiger partial charge in [-0.25, -0.2) is 13.2 Å². The largest absolute Gasteiger partial charge is 0.384 e. The minimum absolute atomic E-state index is 0.0510. The molecule has 4 rings (SSSR count). The average Bonchev–Trinajstić information content (AvgIpc) is 3.12. The third kappa shape index (κ3) is 3.90. The smallest absolute Gasteiger partial charge is 0.228 e. The molecule has 0 bridgehead atoms. The van der Waals surface area contributed by atoms with Gasteiger partial charge in [-0.05, 0) is 57.9 Å². The summed E-state index contributed by atoms with van der Waals surface area (Å²) >= 11 is 2.04. The molecule has 3 aliphatic carbocycles. The third-order valence-corrected chi connectivity index (χ3v) is 8.12. The van der Waals surface area contributed by atoms with Gasteiger partial charge in [0.1, 0.15) is 17.9 Å². The number of β-amino-alcohol motifs (C(OH)–C–C–N with tert-alkyl or cyclic N) is 1. The van der Waals surface area contributed by atoms with Crippen LogP contribution in [0.4, 0.5) is 13.2 Å². The molecule has 4 aliphatic rings. The normalized spacial score (nSPS) is 37.8. The van der Waals surface area contributed by atoms with Crippen LogP contribution in [0, 0.1) is 5.92 Å². The summed E-state index contributed by atoms with van der Waals surface area (Å²) in [6, 6.07) is -1.14. The number of carbonyl (C=O) groups excluding carboxylic acids is 1. The Bertz CT molecular complexity index is 750. The van der Waals surface area contributed by atoms with Gasteiger partial charge in [0, 0.05) is 17.7 Å². The number of allylic oxidation sites excluding steroid dienone is 4. The molecule has 5 nitrogen and oxygen atoms in total. The van der Waals surface area contributed by atoms with Gasteiger partial charge in [0.25, 0.3) is 0 Å². The van der Waals surface area contributed by atoms with Crippen molar-refractivity contribution in [2.75, 3.05) is 13.1 Å². The Morgan fingerprint density at radius 1 is 1.20 bits per heavy atom. The lowest BCUT2D eigenvalue weighted by atomic mass is 9.72. The first-order valence-corrected chi connectivity index (χ1v) is 11.8. The second-order valence-electron chi connectivity index (χ2n) is 9.31. The van der Waals surface area contributed by atoms with Gasteiger partial charge in [0.15, 0.2) is 6.17 Å². The lowest BCUT2D eigenvalue weighted by molar-refractivity contribution is -0.176. The number of amides is 1. The topological polar surface area (TPSA) is 78.6 Å². The summed E-state index contributed by atoms with van der Waals surface area (Å²) in [7, 11) is 0. The summed E-state index contributed by atoms with van der Waals surface area (Å²) in [5.74, 6) is -1.14. The standard InChI is InChI=1S/C21H29F3IN3O2/c22-14-5-4-13(18(17(14)24)27-16-6-3-12(25)9-15(16)23)19(29)28-10-21(30,11-28)20(26)7-1-2-8-20/h3,6,13-15,17-18,27,30H,1-2,4-5,7-11,26H2. The van der Waals surface area contributed by atoms with Crippen LogP contribution in [0.25, 0.3) is 0 Å². The minimum atomic E-state index is -1.90. The number of hydrogen-bond donors (Lipinski definition) is 3. The highest BCUT2D eigenvalue weighted by Crippen LogP contribution is 2.43. The maximum absolute atomic E-state index is 14.8. The zero-order valence-corrected chi connectivity index (χ0v) is 19.0. The molecular formula is C21H29F3IN3O2. The molecule has 1 heterocycles. The van der Waals surface area contributed by atoms with E-state index in [0.717, 1.165) is 16.4 Å². The van der Waals surface area contributed by atoms with E-state index in [1.165, 1.54) is 11.0 Å². The highest BCUT2D eigenvalue weighted by molar-refractivity contribution is 14.1. The molecule has 3 fully saturated rings. The van der Waals surface area contributed by atoms with Crippen LogP contribution in [0.15, 0.2) is 21.4 Å². The fraction of sp³-hybridized carbons (Fsp3) is 0.762. The Balaban J connectivity index is 1.47. The zero-order chi connectivity index (χ0) is 21.7. The van der Waals surface area contributed by atoms with Gasteiger partial charge in [0.2, 0.25) is 5.91 Å². The molecule has 0 aromatic rings. The van der Waals surface area contributed by atoms with Crippen LogP contribution < -0.4 is 11.1 Å².